The zero-order valence-corrected chi connectivity index (χ0v) is 18.0. The third-order valence-corrected chi connectivity index (χ3v) is 6.19. The molecule has 0 radical (unpaired) electrons. The van der Waals surface area contributed by atoms with Gasteiger partial charge < -0.3 is 5.32 Å². The van der Waals surface area contributed by atoms with Gasteiger partial charge in [0, 0.05) is 23.7 Å². The minimum absolute atomic E-state index is 0.203. The summed E-state index contributed by atoms with van der Waals surface area (Å²) < 4.78 is 2.05. The Bertz CT molecular complexity index is 1270. The predicted molar refractivity (Wildman–Crippen MR) is 120 cm³/mol. The summed E-state index contributed by atoms with van der Waals surface area (Å²) in [4.78, 5) is 28.8. The molecule has 0 bridgehead atoms. The number of hydrogen-bond donors (Lipinski definition) is 2. The minimum atomic E-state index is -0.394. The molecule has 4 rings (SSSR count). The topological polar surface area (TPSA) is 101 Å². The number of halogens is 1. The Hall–Kier alpha value is -2.95. The van der Waals surface area contributed by atoms with E-state index in [2.05, 4.69) is 25.8 Å². The van der Waals surface area contributed by atoms with Crippen LogP contribution in [0.4, 0.5) is 15.6 Å². The molecule has 8 nitrogen and oxygen atoms in total. The van der Waals surface area contributed by atoms with E-state index in [9.17, 15) is 9.59 Å². The first-order valence-corrected chi connectivity index (χ1v) is 10.9. The quantitative estimate of drug-likeness (QED) is 0.338. The molecular formula is C19H15ClN6O2S2. The van der Waals surface area contributed by atoms with Crippen molar-refractivity contribution in [3.8, 4) is 0 Å². The number of carbonyl (C=O) groups excluding carboxylic acids is 1. The van der Waals surface area contributed by atoms with Gasteiger partial charge in [-0.2, -0.15) is 0 Å². The molecule has 2 amide bonds. The fourth-order valence-corrected chi connectivity index (χ4v) is 4.35. The zero-order valence-electron chi connectivity index (χ0n) is 15.6. The number of benzene rings is 1. The lowest BCUT2D eigenvalue weighted by Crippen LogP contribution is -2.19. The average Bonchev–Trinajstić information content (AvgIpc) is 3.16. The maximum atomic E-state index is 12.2. The monoisotopic (exact) mass is 458 g/mol. The summed E-state index contributed by atoms with van der Waals surface area (Å²) >= 11 is 8.55. The number of anilines is 2. The van der Waals surface area contributed by atoms with Gasteiger partial charge in [-0.1, -0.05) is 52.4 Å². The summed E-state index contributed by atoms with van der Waals surface area (Å²) in [6.45, 7) is 1.98. The van der Waals surface area contributed by atoms with Crippen LogP contribution >= 0.6 is 34.7 Å². The number of hydrogen-bond acceptors (Lipinski definition) is 7. The van der Waals surface area contributed by atoms with E-state index < -0.39 is 6.03 Å². The summed E-state index contributed by atoms with van der Waals surface area (Å²) in [6.07, 6.45) is 1.54. The number of nitrogens with zero attached hydrogens (tertiary/aromatic N) is 4. The molecule has 3 heterocycles. The number of thioether (sulfide) groups is 1. The normalized spacial score (nSPS) is 10.9. The Labute approximate surface area is 184 Å². The largest absolute Gasteiger partial charge is 0.325 e. The molecule has 152 valence electrons. The Balaban J connectivity index is 1.37. The highest BCUT2D eigenvalue weighted by molar-refractivity contribution is 8.00. The molecule has 11 heteroatoms. The molecule has 1 aromatic carbocycles. The van der Waals surface area contributed by atoms with Crippen LogP contribution in [-0.2, 0) is 5.75 Å². The van der Waals surface area contributed by atoms with Gasteiger partial charge >= 0.3 is 6.03 Å². The molecule has 0 aliphatic carbocycles. The maximum Gasteiger partial charge on any atom is 0.325 e. The highest BCUT2D eigenvalue weighted by Gasteiger charge is 2.10. The average molecular weight is 459 g/mol. The lowest BCUT2D eigenvalue weighted by molar-refractivity contribution is 0.262. The highest BCUT2D eigenvalue weighted by atomic mass is 35.5. The number of carbonyl (C=O) groups is 1. The van der Waals surface area contributed by atoms with E-state index >= 15 is 0 Å². The van der Waals surface area contributed by atoms with E-state index in [-0.39, 0.29) is 5.56 Å². The SMILES string of the molecule is Cc1ccc(NC(=O)Nc2nnc(SCc3cc(=O)n4cc(Cl)ccc4n3)s2)cc1. The summed E-state index contributed by atoms with van der Waals surface area (Å²) in [5, 5.41) is 14.3. The van der Waals surface area contributed by atoms with Crippen molar-refractivity contribution in [2.24, 2.45) is 0 Å². The molecule has 0 saturated heterocycles. The van der Waals surface area contributed by atoms with E-state index in [0.717, 1.165) is 5.56 Å². The standard InChI is InChI=1S/C19H15ClN6O2S2/c1-11-2-5-13(6-3-11)22-17(28)23-18-24-25-19(30-18)29-10-14-8-16(27)26-9-12(20)4-7-15(26)21-14/h2-9H,10H2,1H3,(H2,22,23,24,28). The molecule has 0 aliphatic rings. The molecule has 30 heavy (non-hydrogen) atoms. The fourth-order valence-electron chi connectivity index (χ4n) is 2.55. The summed E-state index contributed by atoms with van der Waals surface area (Å²) in [5.41, 5.74) is 2.74. The maximum absolute atomic E-state index is 12.2. The summed E-state index contributed by atoms with van der Waals surface area (Å²) in [5.74, 6) is 0.443. The molecule has 0 aliphatic heterocycles. The van der Waals surface area contributed by atoms with Crippen molar-refractivity contribution in [3.63, 3.8) is 0 Å². The molecule has 2 N–H and O–H groups in total. The van der Waals surface area contributed by atoms with E-state index in [0.29, 0.717) is 37.3 Å². The number of rotatable bonds is 5. The minimum Gasteiger partial charge on any atom is -0.308 e. The van der Waals surface area contributed by atoms with Crippen molar-refractivity contribution in [2.45, 2.75) is 17.0 Å². The number of urea groups is 1. The molecular weight excluding hydrogens is 444 g/mol. The zero-order chi connectivity index (χ0) is 21.1. The van der Waals surface area contributed by atoms with Crippen molar-refractivity contribution in [3.05, 3.63) is 75.3 Å². The molecule has 3 aromatic heterocycles. The van der Waals surface area contributed by atoms with Gasteiger partial charge in [0.05, 0.1) is 10.7 Å². The van der Waals surface area contributed by atoms with Gasteiger partial charge in [-0.3, -0.25) is 14.5 Å². The molecule has 0 unspecified atom stereocenters. The first-order valence-electron chi connectivity index (χ1n) is 8.75. The number of amides is 2. The molecule has 0 fully saturated rings. The first kappa shape index (κ1) is 20.3. The van der Waals surface area contributed by atoms with Gasteiger partial charge in [-0.25, -0.2) is 9.78 Å². The molecule has 4 aromatic rings. The van der Waals surface area contributed by atoms with Gasteiger partial charge in [0.15, 0.2) is 4.34 Å². The van der Waals surface area contributed by atoms with Crippen molar-refractivity contribution in [2.75, 3.05) is 10.6 Å². The van der Waals surface area contributed by atoms with Crippen LogP contribution in [0.1, 0.15) is 11.3 Å². The fraction of sp³-hybridized carbons (Fsp3) is 0.105. The van der Waals surface area contributed by atoms with Gasteiger partial charge in [-0.15, -0.1) is 10.2 Å². The predicted octanol–water partition coefficient (Wildman–Crippen LogP) is 4.44. The van der Waals surface area contributed by atoms with Crippen LogP contribution < -0.4 is 16.2 Å². The van der Waals surface area contributed by atoms with E-state index in [1.807, 2.05) is 31.2 Å². The van der Waals surface area contributed by atoms with Crippen LogP contribution in [0.25, 0.3) is 5.65 Å². The lowest BCUT2D eigenvalue weighted by Gasteiger charge is -2.05. The second-order valence-corrected chi connectivity index (χ2v) is 8.90. The van der Waals surface area contributed by atoms with E-state index in [4.69, 9.17) is 11.6 Å². The number of fused-ring (bicyclic) bond motifs is 1. The molecule has 0 spiro atoms. The highest BCUT2D eigenvalue weighted by Crippen LogP contribution is 2.28. The Morgan fingerprint density at radius 1 is 1.17 bits per heavy atom. The van der Waals surface area contributed by atoms with Crippen LogP contribution in [0, 0.1) is 6.92 Å². The van der Waals surface area contributed by atoms with Crippen molar-refractivity contribution < 1.29 is 4.79 Å². The Morgan fingerprint density at radius 3 is 2.77 bits per heavy atom. The smallest absolute Gasteiger partial charge is 0.308 e. The van der Waals surface area contributed by atoms with Crippen molar-refractivity contribution in [1.82, 2.24) is 19.6 Å². The number of pyridine rings is 1. The number of aryl methyl sites for hydroxylation is 1. The van der Waals surface area contributed by atoms with Crippen molar-refractivity contribution in [1.29, 1.82) is 0 Å². The number of nitrogens with one attached hydrogen (secondary N) is 2. The van der Waals surface area contributed by atoms with Gasteiger partial charge in [0.1, 0.15) is 5.65 Å². The Kier molecular flexibility index (Phi) is 5.98. The third kappa shape index (κ3) is 4.96. The van der Waals surface area contributed by atoms with E-state index in [1.165, 1.54) is 39.8 Å². The molecule has 0 saturated carbocycles. The summed E-state index contributed by atoms with van der Waals surface area (Å²) in [7, 11) is 0. The van der Waals surface area contributed by atoms with Crippen molar-refractivity contribution >= 4 is 57.2 Å². The lowest BCUT2D eigenvalue weighted by atomic mass is 10.2. The van der Waals surface area contributed by atoms with Crippen LogP contribution in [0.15, 0.2) is 57.8 Å². The van der Waals surface area contributed by atoms with Gasteiger partial charge in [0.2, 0.25) is 5.13 Å². The second kappa shape index (κ2) is 8.82. The van der Waals surface area contributed by atoms with Crippen LogP contribution in [-0.4, -0.2) is 25.6 Å². The molecule has 0 atom stereocenters. The summed E-state index contributed by atoms with van der Waals surface area (Å²) in [6, 6.07) is 11.9. The number of aromatic nitrogens is 4. The van der Waals surface area contributed by atoms with Crippen LogP contribution in [0.3, 0.4) is 0 Å². The van der Waals surface area contributed by atoms with Gasteiger partial charge in [0.25, 0.3) is 5.56 Å². The van der Waals surface area contributed by atoms with Crippen LogP contribution in [0.2, 0.25) is 5.02 Å². The van der Waals surface area contributed by atoms with Crippen LogP contribution in [0.5, 0.6) is 0 Å². The third-order valence-electron chi connectivity index (χ3n) is 3.96. The Morgan fingerprint density at radius 2 is 1.97 bits per heavy atom. The van der Waals surface area contributed by atoms with E-state index in [1.54, 1.807) is 12.1 Å². The second-order valence-electron chi connectivity index (χ2n) is 6.27. The first-order chi connectivity index (χ1) is 14.5. The van der Waals surface area contributed by atoms with Gasteiger partial charge in [-0.05, 0) is 31.2 Å².